The molecule has 7 heteroatoms. The molecule has 106 valence electrons. The number of H-pyrrole nitrogens is 1. The molecule has 2 aromatic heterocycles. The van der Waals surface area contributed by atoms with Crippen LogP contribution in [0.15, 0.2) is 12.1 Å². The summed E-state index contributed by atoms with van der Waals surface area (Å²) in [6.45, 7) is 3.21. The van der Waals surface area contributed by atoms with E-state index in [1.807, 2.05) is 12.1 Å². The molecule has 0 aliphatic carbocycles. The van der Waals surface area contributed by atoms with Crippen LogP contribution in [0.1, 0.15) is 12.8 Å². The number of thiophene rings is 1. The lowest BCUT2D eigenvalue weighted by Crippen LogP contribution is -2.45. The second-order valence-electron chi connectivity index (χ2n) is 5.41. The summed E-state index contributed by atoms with van der Waals surface area (Å²) >= 11 is 7.50. The van der Waals surface area contributed by atoms with Crippen molar-refractivity contribution in [2.45, 2.75) is 18.9 Å². The van der Waals surface area contributed by atoms with Gasteiger partial charge in [-0.1, -0.05) is 11.6 Å². The van der Waals surface area contributed by atoms with Crippen LogP contribution in [0, 0.1) is 5.92 Å². The molecule has 2 atom stereocenters. The maximum Gasteiger partial charge on any atom is 0.245 e. The highest BCUT2D eigenvalue weighted by Gasteiger charge is 2.36. The number of hydrogen-bond donors (Lipinski definition) is 2. The minimum Gasteiger partial charge on any atom is -0.335 e. The van der Waals surface area contributed by atoms with Crippen LogP contribution in [0.2, 0.25) is 4.34 Å². The van der Waals surface area contributed by atoms with Crippen molar-refractivity contribution in [3.05, 3.63) is 16.5 Å². The topological polar surface area (TPSA) is 56.8 Å². The molecule has 0 amide bonds. The third kappa shape index (κ3) is 2.12. The van der Waals surface area contributed by atoms with Gasteiger partial charge in [0.05, 0.1) is 9.21 Å². The van der Waals surface area contributed by atoms with Crippen molar-refractivity contribution >= 4 is 28.9 Å². The van der Waals surface area contributed by atoms with Crippen molar-refractivity contribution in [2.24, 2.45) is 5.92 Å². The van der Waals surface area contributed by atoms with E-state index in [9.17, 15) is 0 Å². The number of piperidine rings is 1. The first kappa shape index (κ1) is 12.6. The van der Waals surface area contributed by atoms with Crippen molar-refractivity contribution in [3.8, 4) is 10.7 Å². The van der Waals surface area contributed by atoms with Crippen LogP contribution in [0.3, 0.4) is 0 Å². The first-order valence-corrected chi connectivity index (χ1v) is 8.16. The van der Waals surface area contributed by atoms with Gasteiger partial charge in [0.15, 0.2) is 5.82 Å². The Labute approximate surface area is 126 Å². The van der Waals surface area contributed by atoms with Gasteiger partial charge in [0.1, 0.15) is 0 Å². The highest BCUT2D eigenvalue weighted by molar-refractivity contribution is 7.19. The fourth-order valence-corrected chi connectivity index (χ4v) is 4.23. The molecule has 2 unspecified atom stereocenters. The van der Waals surface area contributed by atoms with Gasteiger partial charge in [-0.25, -0.2) is 0 Å². The van der Waals surface area contributed by atoms with Gasteiger partial charge >= 0.3 is 0 Å². The van der Waals surface area contributed by atoms with Gasteiger partial charge in [-0.3, -0.25) is 5.10 Å². The van der Waals surface area contributed by atoms with Crippen LogP contribution in [-0.4, -0.2) is 40.9 Å². The zero-order chi connectivity index (χ0) is 13.5. The Hall–Kier alpha value is -1.11. The van der Waals surface area contributed by atoms with Crippen molar-refractivity contribution in [3.63, 3.8) is 0 Å². The van der Waals surface area contributed by atoms with Crippen LogP contribution < -0.4 is 10.2 Å². The maximum atomic E-state index is 5.98. The van der Waals surface area contributed by atoms with E-state index in [0.29, 0.717) is 6.04 Å². The fraction of sp³-hybridized carbons (Fsp3) is 0.538. The number of anilines is 1. The van der Waals surface area contributed by atoms with Gasteiger partial charge in [-0.05, 0) is 30.9 Å². The van der Waals surface area contributed by atoms with Crippen molar-refractivity contribution in [2.75, 3.05) is 24.5 Å². The molecule has 0 aromatic carbocycles. The lowest BCUT2D eigenvalue weighted by atomic mass is 9.92. The van der Waals surface area contributed by atoms with Gasteiger partial charge < -0.3 is 10.2 Å². The Morgan fingerprint density at radius 1 is 1.35 bits per heavy atom. The second kappa shape index (κ2) is 5.02. The van der Waals surface area contributed by atoms with Crippen molar-refractivity contribution < 1.29 is 0 Å². The van der Waals surface area contributed by atoms with E-state index in [2.05, 4.69) is 25.4 Å². The SMILES string of the molecule is Clc1ccc(-c2nc(N3CCCC4CNCC43)n[nH]2)s1. The molecule has 2 aliphatic heterocycles. The summed E-state index contributed by atoms with van der Waals surface area (Å²) in [6, 6.07) is 4.41. The lowest BCUT2D eigenvalue weighted by Gasteiger charge is -2.36. The third-order valence-electron chi connectivity index (χ3n) is 4.22. The Kier molecular flexibility index (Phi) is 3.17. The molecule has 2 aliphatic rings. The van der Waals surface area contributed by atoms with E-state index < -0.39 is 0 Å². The molecular weight excluding hydrogens is 294 g/mol. The average molecular weight is 310 g/mol. The summed E-state index contributed by atoms with van der Waals surface area (Å²) in [6.07, 6.45) is 2.53. The summed E-state index contributed by atoms with van der Waals surface area (Å²) in [5, 5.41) is 10.9. The second-order valence-corrected chi connectivity index (χ2v) is 7.12. The zero-order valence-corrected chi connectivity index (χ0v) is 12.5. The molecule has 2 aromatic rings. The summed E-state index contributed by atoms with van der Waals surface area (Å²) in [5.41, 5.74) is 0. The molecule has 2 fully saturated rings. The fourth-order valence-electron chi connectivity index (χ4n) is 3.25. The summed E-state index contributed by atoms with van der Waals surface area (Å²) in [4.78, 5) is 8.05. The number of nitrogens with one attached hydrogen (secondary N) is 2. The number of aromatic nitrogens is 3. The molecule has 4 rings (SSSR count). The monoisotopic (exact) mass is 309 g/mol. The predicted molar refractivity (Wildman–Crippen MR) is 81.4 cm³/mol. The Bertz CT molecular complexity index is 609. The van der Waals surface area contributed by atoms with Crippen LogP contribution in [0.4, 0.5) is 5.95 Å². The van der Waals surface area contributed by atoms with Gasteiger partial charge in [0.2, 0.25) is 5.95 Å². The average Bonchev–Trinajstić information content (AvgIpc) is 3.17. The number of hydrogen-bond acceptors (Lipinski definition) is 5. The highest BCUT2D eigenvalue weighted by atomic mass is 35.5. The molecule has 20 heavy (non-hydrogen) atoms. The van der Waals surface area contributed by atoms with Crippen molar-refractivity contribution in [1.29, 1.82) is 0 Å². The minimum atomic E-state index is 0.541. The normalized spacial score (nSPS) is 25.9. The zero-order valence-electron chi connectivity index (χ0n) is 11.0. The van der Waals surface area contributed by atoms with Gasteiger partial charge in [-0.2, -0.15) is 4.98 Å². The van der Waals surface area contributed by atoms with Gasteiger partial charge in [0.25, 0.3) is 0 Å². The Morgan fingerprint density at radius 2 is 2.30 bits per heavy atom. The van der Waals surface area contributed by atoms with E-state index in [4.69, 9.17) is 11.6 Å². The molecule has 0 radical (unpaired) electrons. The molecule has 5 nitrogen and oxygen atoms in total. The lowest BCUT2D eigenvalue weighted by molar-refractivity contribution is 0.381. The van der Waals surface area contributed by atoms with E-state index in [-0.39, 0.29) is 0 Å². The summed E-state index contributed by atoms with van der Waals surface area (Å²) < 4.78 is 0.774. The van der Waals surface area contributed by atoms with Crippen LogP contribution in [-0.2, 0) is 0 Å². The summed E-state index contributed by atoms with van der Waals surface area (Å²) in [5.74, 6) is 2.37. The highest BCUT2D eigenvalue weighted by Crippen LogP contribution is 2.32. The molecule has 0 bridgehead atoms. The number of aromatic amines is 1. The molecule has 4 heterocycles. The van der Waals surface area contributed by atoms with E-state index in [1.165, 1.54) is 24.2 Å². The Morgan fingerprint density at radius 3 is 3.15 bits per heavy atom. The Balaban J connectivity index is 1.61. The number of nitrogens with zero attached hydrogens (tertiary/aromatic N) is 3. The molecule has 0 saturated carbocycles. The number of fused-ring (bicyclic) bond motifs is 1. The number of rotatable bonds is 2. The summed E-state index contributed by atoms with van der Waals surface area (Å²) in [7, 11) is 0. The quantitative estimate of drug-likeness (QED) is 0.894. The van der Waals surface area contributed by atoms with Crippen LogP contribution in [0.5, 0.6) is 0 Å². The van der Waals surface area contributed by atoms with Gasteiger partial charge in [0, 0.05) is 25.7 Å². The minimum absolute atomic E-state index is 0.541. The maximum absolute atomic E-state index is 5.98. The molecular formula is C13H16ClN5S. The first-order valence-electron chi connectivity index (χ1n) is 6.97. The molecule has 2 N–H and O–H groups in total. The predicted octanol–water partition coefficient (Wildman–Crippen LogP) is 2.37. The standard InChI is InChI=1S/C13H16ClN5S/c14-11-4-3-10(20-11)12-16-13(18-17-12)19-5-1-2-8-6-15-7-9(8)19/h3-4,8-9,15H,1-2,5-7H2,(H,16,17,18). The first-order chi connectivity index (χ1) is 9.81. The van der Waals surface area contributed by atoms with E-state index in [0.717, 1.165) is 46.5 Å². The van der Waals surface area contributed by atoms with Crippen LogP contribution >= 0.6 is 22.9 Å². The molecule has 2 saturated heterocycles. The smallest absolute Gasteiger partial charge is 0.245 e. The van der Waals surface area contributed by atoms with E-state index >= 15 is 0 Å². The van der Waals surface area contributed by atoms with Gasteiger partial charge in [-0.15, -0.1) is 16.4 Å². The van der Waals surface area contributed by atoms with Crippen molar-refractivity contribution in [1.82, 2.24) is 20.5 Å². The third-order valence-corrected chi connectivity index (χ3v) is 5.45. The van der Waals surface area contributed by atoms with E-state index in [1.54, 1.807) is 0 Å². The van der Waals surface area contributed by atoms with Crippen LogP contribution in [0.25, 0.3) is 10.7 Å². The largest absolute Gasteiger partial charge is 0.335 e. The molecule has 0 spiro atoms. The number of halogens is 1.